The van der Waals surface area contributed by atoms with Crippen molar-refractivity contribution in [2.45, 2.75) is 51.5 Å². The van der Waals surface area contributed by atoms with Crippen molar-refractivity contribution >= 4 is 17.1 Å². The van der Waals surface area contributed by atoms with Crippen LogP contribution in [0.1, 0.15) is 51.0 Å². The third-order valence-electron chi connectivity index (χ3n) is 8.82. The van der Waals surface area contributed by atoms with Crippen molar-refractivity contribution in [3.63, 3.8) is 0 Å². The highest BCUT2D eigenvalue weighted by Crippen LogP contribution is 2.35. The van der Waals surface area contributed by atoms with Crippen LogP contribution in [0.25, 0.3) is 16.8 Å². The first kappa shape index (κ1) is 24.9. The number of piperazine rings is 1. The number of piperidine rings is 1. The van der Waals surface area contributed by atoms with Crippen LogP contribution < -0.4 is 4.90 Å². The minimum atomic E-state index is 0.0400. The van der Waals surface area contributed by atoms with E-state index in [0.717, 1.165) is 54.9 Å². The van der Waals surface area contributed by atoms with E-state index in [1.54, 1.807) is 0 Å². The third-order valence-corrected chi connectivity index (χ3v) is 8.82. The molecule has 1 saturated carbocycles. The summed E-state index contributed by atoms with van der Waals surface area (Å²) in [5, 5.41) is 13.6. The van der Waals surface area contributed by atoms with Crippen molar-refractivity contribution in [2.75, 3.05) is 44.2 Å². The maximum Gasteiger partial charge on any atom is 0.225 e. The first-order valence-corrected chi connectivity index (χ1v) is 14.1. The van der Waals surface area contributed by atoms with Crippen LogP contribution in [0.2, 0.25) is 0 Å². The molecule has 3 aromatic heterocycles. The lowest BCUT2D eigenvalue weighted by Crippen LogP contribution is -2.52. The standard InChI is InChI=1S/C30H37N7O/c1-21(2)36-9-3-4-24(19-36)23-5-6-27(32-18-23)26-16-29-28(7-8-33-37(29)20-26)34-10-12-35(13-11-34)30(38)25-14-22(15-25)17-31/h5-8,16,18,20-22,24-25H,3-4,9-15,19H2,1-2H3/t22?,24-,25?/m0/s1. The normalized spacial score (nSPS) is 24.4. The molecule has 8 heteroatoms. The second-order valence-corrected chi connectivity index (χ2v) is 11.5. The van der Waals surface area contributed by atoms with Gasteiger partial charge in [0, 0.05) is 74.8 Å². The molecule has 3 aliphatic rings. The Labute approximate surface area is 224 Å². The van der Waals surface area contributed by atoms with E-state index >= 15 is 0 Å². The van der Waals surface area contributed by atoms with Gasteiger partial charge in [-0.2, -0.15) is 10.4 Å². The fourth-order valence-corrected chi connectivity index (χ4v) is 6.32. The second kappa shape index (κ2) is 10.4. The zero-order valence-corrected chi connectivity index (χ0v) is 22.5. The molecule has 0 spiro atoms. The monoisotopic (exact) mass is 511 g/mol. The molecular formula is C30H37N7O. The van der Waals surface area contributed by atoms with Crippen LogP contribution in [0.3, 0.4) is 0 Å². The molecule has 8 nitrogen and oxygen atoms in total. The van der Waals surface area contributed by atoms with E-state index in [-0.39, 0.29) is 17.7 Å². The second-order valence-electron chi connectivity index (χ2n) is 11.5. The van der Waals surface area contributed by atoms with E-state index in [1.165, 1.54) is 24.9 Å². The molecule has 0 bridgehead atoms. The molecule has 198 valence electrons. The summed E-state index contributed by atoms with van der Waals surface area (Å²) in [7, 11) is 0. The number of likely N-dealkylation sites (tertiary alicyclic amines) is 1. The number of hydrogen-bond donors (Lipinski definition) is 0. The van der Waals surface area contributed by atoms with Gasteiger partial charge in [0.1, 0.15) is 0 Å². The molecule has 0 radical (unpaired) electrons. The molecule has 2 saturated heterocycles. The lowest BCUT2D eigenvalue weighted by atomic mass is 9.75. The Hall–Kier alpha value is -3.44. The molecule has 0 aromatic carbocycles. The van der Waals surface area contributed by atoms with E-state index in [2.05, 4.69) is 71.5 Å². The van der Waals surface area contributed by atoms with Crippen LogP contribution in [-0.4, -0.2) is 75.6 Å². The minimum absolute atomic E-state index is 0.0400. The van der Waals surface area contributed by atoms with Crippen molar-refractivity contribution in [2.24, 2.45) is 11.8 Å². The molecular weight excluding hydrogens is 474 g/mol. The van der Waals surface area contributed by atoms with Gasteiger partial charge in [0.2, 0.25) is 5.91 Å². The Kier molecular flexibility index (Phi) is 6.79. The molecule has 5 heterocycles. The van der Waals surface area contributed by atoms with Crippen LogP contribution in [0.15, 0.2) is 42.9 Å². The summed E-state index contributed by atoms with van der Waals surface area (Å²) >= 11 is 0. The number of nitrogens with zero attached hydrogens (tertiary/aromatic N) is 7. The Morgan fingerprint density at radius 1 is 1.11 bits per heavy atom. The average molecular weight is 512 g/mol. The topological polar surface area (TPSA) is 80.8 Å². The Bertz CT molecular complexity index is 1330. The smallest absolute Gasteiger partial charge is 0.225 e. The van der Waals surface area contributed by atoms with Gasteiger partial charge in [-0.05, 0) is 75.8 Å². The number of aromatic nitrogens is 3. The predicted octanol–water partition coefficient (Wildman–Crippen LogP) is 4.18. The Morgan fingerprint density at radius 2 is 1.92 bits per heavy atom. The van der Waals surface area contributed by atoms with Gasteiger partial charge in [-0.15, -0.1) is 0 Å². The number of nitriles is 1. The minimum Gasteiger partial charge on any atom is -0.366 e. The van der Waals surface area contributed by atoms with E-state index < -0.39 is 0 Å². The highest BCUT2D eigenvalue weighted by Gasteiger charge is 2.37. The Morgan fingerprint density at radius 3 is 2.63 bits per heavy atom. The first-order chi connectivity index (χ1) is 18.5. The van der Waals surface area contributed by atoms with E-state index in [4.69, 9.17) is 10.2 Å². The lowest BCUT2D eigenvalue weighted by molar-refractivity contribution is -0.139. The number of pyridine rings is 1. The van der Waals surface area contributed by atoms with Gasteiger partial charge in [-0.25, -0.2) is 4.52 Å². The maximum absolute atomic E-state index is 12.8. The van der Waals surface area contributed by atoms with Gasteiger partial charge >= 0.3 is 0 Å². The lowest BCUT2D eigenvalue weighted by Gasteiger charge is -2.40. The summed E-state index contributed by atoms with van der Waals surface area (Å²) in [4.78, 5) is 24.6. The van der Waals surface area contributed by atoms with Gasteiger partial charge in [0.05, 0.1) is 23.0 Å². The summed E-state index contributed by atoms with van der Waals surface area (Å²) in [6.45, 7) is 9.89. The predicted molar refractivity (Wildman–Crippen MR) is 148 cm³/mol. The van der Waals surface area contributed by atoms with Crippen molar-refractivity contribution in [3.05, 3.63) is 48.4 Å². The number of carbonyl (C=O) groups excluding carboxylic acids is 1. The van der Waals surface area contributed by atoms with Gasteiger partial charge in [-0.3, -0.25) is 9.78 Å². The van der Waals surface area contributed by atoms with Crippen molar-refractivity contribution < 1.29 is 4.79 Å². The average Bonchev–Trinajstić information content (AvgIpc) is 3.37. The van der Waals surface area contributed by atoms with Crippen LogP contribution >= 0.6 is 0 Å². The molecule has 3 aromatic rings. The molecule has 0 N–H and O–H groups in total. The number of carbonyl (C=O) groups is 1. The molecule has 38 heavy (non-hydrogen) atoms. The number of anilines is 1. The highest BCUT2D eigenvalue weighted by molar-refractivity contribution is 5.81. The van der Waals surface area contributed by atoms with E-state index in [1.807, 2.05) is 15.6 Å². The van der Waals surface area contributed by atoms with E-state index in [9.17, 15) is 4.79 Å². The summed E-state index contributed by atoms with van der Waals surface area (Å²) in [6, 6.07) is 11.5. The number of fused-ring (bicyclic) bond motifs is 1. The molecule has 1 atom stereocenters. The van der Waals surface area contributed by atoms with Gasteiger partial charge in [-0.1, -0.05) is 6.07 Å². The first-order valence-electron chi connectivity index (χ1n) is 14.1. The van der Waals surface area contributed by atoms with Gasteiger partial charge < -0.3 is 14.7 Å². The van der Waals surface area contributed by atoms with Crippen molar-refractivity contribution in [3.8, 4) is 17.3 Å². The highest BCUT2D eigenvalue weighted by atomic mass is 16.2. The fraction of sp³-hybridized carbons (Fsp3) is 0.533. The molecule has 3 fully saturated rings. The SMILES string of the molecule is CC(C)N1CCC[C@H](c2ccc(-c3cc4c(N5CCN(C(=O)C6CC(C#N)C6)CC5)ccnn4c3)nc2)C1. The van der Waals surface area contributed by atoms with Crippen molar-refractivity contribution in [1.82, 2.24) is 24.4 Å². The van der Waals surface area contributed by atoms with Crippen LogP contribution in [0.4, 0.5) is 5.69 Å². The fourth-order valence-electron chi connectivity index (χ4n) is 6.32. The van der Waals surface area contributed by atoms with Crippen LogP contribution in [0, 0.1) is 23.2 Å². The third kappa shape index (κ3) is 4.76. The summed E-state index contributed by atoms with van der Waals surface area (Å²) in [5.74, 6) is 0.877. The molecule has 1 amide bonds. The summed E-state index contributed by atoms with van der Waals surface area (Å²) in [5.41, 5.74) is 5.56. The number of amides is 1. The zero-order valence-electron chi connectivity index (χ0n) is 22.5. The largest absolute Gasteiger partial charge is 0.366 e. The van der Waals surface area contributed by atoms with Crippen molar-refractivity contribution in [1.29, 1.82) is 5.26 Å². The quantitative estimate of drug-likeness (QED) is 0.511. The molecule has 6 rings (SSSR count). The zero-order chi connectivity index (χ0) is 26.2. The number of rotatable bonds is 5. The summed E-state index contributed by atoms with van der Waals surface area (Å²) in [6.07, 6.45) is 9.89. The summed E-state index contributed by atoms with van der Waals surface area (Å²) < 4.78 is 1.94. The van der Waals surface area contributed by atoms with E-state index in [0.29, 0.717) is 25.0 Å². The molecule has 0 unspecified atom stereocenters. The Balaban J connectivity index is 1.14. The van der Waals surface area contributed by atoms with Crippen LogP contribution in [-0.2, 0) is 4.79 Å². The maximum atomic E-state index is 12.8. The number of hydrogen-bond acceptors (Lipinski definition) is 6. The molecule has 1 aliphatic carbocycles. The van der Waals surface area contributed by atoms with Crippen LogP contribution in [0.5, 0.6) is 0 Å². The molecule has 2 aliphatic heterocycles. The van der Waals surface area contributed by atoms with Gasteiger partial charge in [0.15, 0.2) is 0 Å². The van der Waals surface area contributed by atoms with Gasteiger partial charge in [0.25, 0.3) is 0 Å².